The first-order chi connectivity index (χ1) is 13.0. The van der Waals surface area contributed by atoms with Crippen LogP contribution in [-0.2, 0) is 11.4 Å². The summed E-state index contributed by atoms with van der Waals surface area (Å²) in [5.41, 5.74) is 0.216. The van der Waals surface area contributed by atoms with Crippen molar-refractivity contribution in [2.75, 3.05) is 19.6 Å². The van der Waals surface area contributed by atoms with Crippen LogP contribution in [0.1, 0.15) is 36.1 Å². The van der Waals surface area contributed by atoms with Crippen molar-refractivity contribution in [2.24, 2.45) is 5.92 Å². The summed E-state index contributed by atoms with van der Waals surface area (Å²) < 4.78 is 23.9. The Bertz CT molecular complexity index is 808. The normalized spacial score (nSPS) is 16.8. The average molecular weight is 375 g/mol. The number of nitrogens with one attached hydrogen (secondary N) is 1. The van der Waals surface area contributed by atoms with E-state index in [9.17, 15) is 14.0 Å². The van der Waals surface area contributed by atoms with Crippen LogP contribution in [0.5, 0.6) is 5.75 Å². The summed E-state index contributed by atoms with van der Waals surface area (Å²) >= 11 is 0. The van der Waals surface area contributed by atoms with Gasteiger partial charge in [0.25, 0.3) is 5.91 Å². The highest BCUT2D eigenvalue weighted by molar-refractivity contribution is 5.92. The molecule has 2 heterocycles. The van der Waals surface area contributed by atoms with Gasteiger partial charge in [-0.05, 0) is 30.9 Å². The van der Waals surface area contributed by atoms with Crippen LogP contribution in [0.3, 0.4) is 0 Å². The SMILES string of the molecule is CC(=O)NC[C@@H]1CCCN(C(=O)c2coc(COc3cccc(F)c3)n2)C1. The molecule has 0 unspecified atom stereocenters. The van der Waals surface area contributed by atoms with Gasteiger partial charge in [-0.1, -0.05) is 6.07 Å². The largest absolute Gasteiger partial charge is 0.484 e. The highest BCUT2D eigenvalue weighted by Crippen LogP contribution is 2.19. The van der Waals surface area contributed by atoms with Crippen LogP contribution < -0.4 is 10.1 Å². The van der Waals surface area contributed by atoms with Crippen LogP contribution in [0.4, 0.5) is 4.39 Å². The number of likely N-dealkylation sites (tertiary alicyclic amines) is 1. The average Bonchev–Trinajstić information content (AvgIpc) is 3.13. The molecular weight excluding hydrogens is 353 g/mol. The van der Waals surface area contributed by atoms with E-state index in [1.807, 2.05) is 0 Å². The maximum absolute atomic E-state index is 13.1. The second-order valence-electron chi connectivity index (χ2n) is 6.57. The van der Waals surface area contributed by atoms with Crippen molar-refractivity contribution < 1.29 is 23.1 Å². The quantitative estimate of drug-likeness (QED) is 0.838. The zero-order valence-electron chi connectivity index (χ0n) is 15.1. The molecule has 1 fully saturated rings. The number of nitrogens with zero attached hydrogens (tertiary/aromatic N) is 2. The molecule has 0 radical (unpaired) electrons. The molecule has 1 saturated heterocycles. The molecule has 1 atom stereocenters. The number of hydrogen-bond acceptors (Lipinski definition) is 5. The van der Waals surface area contributed by atoms with E-state index in [4.69, 9.17) is 9.15 Å². The Balaban J connectivity index is 1.55. The summed E-state index contributed by atoms with van der Waals surface area (Å²) in [6.45, 7) is 3.26. The molecule has 2 amide bonds. The lowest BCUT2D eigenvalue weighted by Crippen LogP contribution is -2.43. The minimum absolute atomic E-state index is 0.00187. The summed E-state index contributed by atoms with van der Waals surface area (Å²) in [4.78, 5) is 29.6. The minimum Gasteiger partial charge on any atom is -0.484 e. The number of hydrogen-bond donors (Lipinski definition) is 1. The predicted octanol–water partition coefficient (Wildman–Crippen LogP) is 2.38. The Kier molecular flexibility index (Phi) is 6.05. The Morgan fingerprint density at radius 1 is 1.44 bits per heavy atom. The molecule has 1 aromatic carbocycles. The zero-order valence-corrected chi connectivity index (χ0v) is 15.1. The highest BCUT2D eigenvalue weighted by Gasteiger charge is 2.26. The first-order valence-corrected chi connectivity index (χ1v) is 8.88. The van der Waals surface area contributed by atoms with Gasteiger partial charge in [-0.3, -0.25) is 9.59 Å². The van der Waals surface area contributed by atoms with Crippen molar-refractivity contribution in [3.05, 3.63) is 47.9 Å². The van der Waals surface area contributed by atoms with Gasteiger partial charge >= 0.3 is 0 Å². The van der Waals surface area contributed by atoms with Crippen molar-refractivity contribution in [3.63, 3.8) is 0 Å². The van der Waals surface area contributed by atoms with Crippen LogP contribution in [0, 0.1) is 11.7 Å². The number of amides is 2. The van der Waals surface area contributed by atoms with Crippen molar-refractivity contribution in [2.45, 2.75) is 26.4 Å². The molecule has 3 rings (SSSR count). The molecule has 2 aromatic rings. The van der Waals surface area contributed by atoms with Crippen molar-refractivity contribution in [1.82, 2.24) is 15.2 Å². The summed E-state index contributed by atoms with van der Waals surface area (Å²) in [5.74, 6) is 0.164. The molecule has 27 heavy (non-hydrogen) atoms. The smallest absolute Gasteiger partial charge is 0.275 e. The van der Waals surface area contributed by atoms with Crippen molar-refractivity contribution in [1.29, 1.82) is 0 Å². The Morgan fingerprint density at radius 2 is 2.30 bits per heavy atom. The topological polar surface area (TPSA) is 84.7 Å². The Morgan fingerprint density at radius 3 is 3.07 bits per heavy atom. The predicted molar refractivity (Wildman–Crippen MR) is 94.5 cm³/mol. The number of ether oxygens (including phenoxy) is 1. The molecule has 1 aliphatic heterocycles. The van der Waals surface area contributed by atoms with Gasteiger partial charge in [0.05, 0.1) is 0 Å². The first kappa shape index (κ1) is 18.9. The summed E-state index contributed by atoms with van der Waals surface area (Å²) in [7, 11) is 0. The molecule has 1 N–H and O–H groups in total. The Hall–Kier alpha value is -2.90. The fraction of sp³-hybridized carbons (Fsp3) is 0.421. The van der Waals surface area contributed by atoms with Gasteiger partial charge in [0, 0.05) is 32.6 Å². The monoisotopic (exact) mass is 375 g/mol. The van der Waals surface area contributed by atoms with Gasteiger partial charge in [-0.2, -0.15) is 0 Å². The van der Waals surface area contributed by atoms with Gasteiger partial charge in [-0.15, -0.1) is 0 Å². The van der Waals surface area contributed by atoms with E-state index in [-0.39, 0.29) is 35.9 Å². The van der Waals surface area contributed by atoms with E-state index < -0.39 is 5.82 Å². The molecule has 0 aliphatic carbocycles. The second kappa shape index (κ2) is 8.66. The number of piperidine rings is 1. The third kappa shape index (κ3) is 5.29. The van der Waals surface area contributed by atoms with E-state index in [1.165, 1.54) is 25.3 Å². The van der Waals surface area contributed by atoms with E-state index >= 15 is 0 Å². The van der Waals surface area contributed by atoms with Gasteiger partial charge in [0.2, 0.25) is 11.8 Å². The fourth-order valence-electron chi connectivity index (χ4n) is 3.04. The van der Waals surface area contributed by atoms with Gasteiger partial charge < -0.3 is 19.4 Å². The molecule has 1 aliphatic rings. The molecule has 1 aromatic heterocycles. The second-order valence-corrected chi connectivity index (χ2v) is 6.57. The lowest BCUT2D eigenvalue weighted by Gasteiger charge is -2.32. The fourth-order valence-corrected chi connectivity index (χ4v) is 3.04. The summed E-state index contributed by atoms with van der Waals surface area (Å²) in [6.07, 6.45) is 3.16. The number of rotatable bonds is 6. The first-order valence-electron chi connectivity index (χ1n) is 8.88. The molecular formula is C19H22FN3O4. The molecule has 7 nitrogen and oxygen atoms in total. The maximum Gasteiger partial charge on any atom is 0.275 e. The van der Waals surface area contributed by atoms with E-state index in [2.05, 4.69) is 10.3 Å². The molecule has 0 bridgehead atoms. The van der Waals surface area contributed by atoms with Crippen LogP contribution in [-0.4, -0.2) is 41.3 Å². The van der Waals surface area contributed by atoms with Crippen molar-refractivity contribution >= 4 is 11.8 Å². The van der Waals surface area contributed by atoms with Crippen LogP contribution >= 0.6 is 0 Å². The highest BCUT2D eigenvalue weighted by atomic mass is 19.1. The maximum atomic E-state index is 13.1. The minimum atomic E-state index is -0.394. The molecule has 8 heteroatoms. The number of carbonyl (C=O) groups is 2. The van der Waals surface area contributed by atoms with Gasteiger partial charge in [0.1, 0.15) is 17.8 Å². The number of halogens is 1. The zero-order chi connectivity index (χ0) is 19.2. The molecule has 0 spiro atoms. The van der Waals surface area contributed by atoms with E-state index in [0.717, 1.165) is 12.8 Å². The number of carbonyl (C=O) groups excluding carboxylic acids is 2. The Labute approximate surface area is 156 Å². The number of oxazole rings is 1. The third-order valence-electron chi connectivity index (χ3n) is 4.38. The van der Waals surface area contributed by atoms with Crippen molar-refractivity contribution in [3.8, 4) is 5.75 Å². The standard InChI is InChI=1S/C19H22FN3O4/c1-13(24)21-9-14-4-3-7-23(10-14)19(25)17-11-27-18(22-17)12-26-16-6-2-5-15(20)8-16/h2,5-6,8,11,14H,3-4,7,9-10,12H2,1H3,(H,21,24)/t14-/m0/s1. The molecule has 0 saturated carbocycles. The lowest BCUT2D eigenvalue weighted by atomic mass is 9.97. The van der Waals surface area contributed by atoms with Gasteiger partial charge in [-0.25, -0.2) is 9.37 Å². The number of benzene rings is 1. The van der Waals surface area contributed by atoms with E-state index in [1.54, 1.807) is 17.0 Å². The van der Waals surface area contributed by atoms with Crippen LogP contribution in [0.25, 0.3) is 0 Å². The van der Waals surface area contributed by atoms with Crippen LogP contribution in [0.2, 0.25) is 0 Å². The van der Waals surface area contributed by atoms with Crippen LogP contribution in [0.15, 0.2) is 34.9 Å². The van der Waals surface area contributed by atoms with Gasteiger partial charge in [0.15, 0.2) is 12.3 Å². The summed E-state index contributed by atoms with van der Waals surface area (Å²) in [6, 6.07) is 5.76. The third-order valence-corrected chi connectivity index (χ3v) is 4.38. The number of aromatic nitrogens is 1. The lowest BCUT2D eigenvalue weighted by molar-refractivity contribution is -0.119. The molecule has 144 valence electrons. The summed E-state index contributed by atoms with van der Waals surface area (Å²) in [5, 5.41) is 2.80. The van der Waals surface area contributed by atoms with E-state index in [0.29, 0.717) is 25.4 Å².